The monoisotopic (exact) mass is 294 g/mol. The Morgan fingerprint density at radius 3 is 2.82 bits per heavy atom. The van der Waals surface area contributed by atoms with Crippen molar-refractivity contribution in [3.63, 3.8) is 0 Å². The molecule has 0 amide bonds. The predicted molar refractivity (Wildman–Crippen MR) is 82.4 cm³/mol. The lowest BCUT2D eigenvalue weighted by molar-refractivity contribution is 0.214. The number of aryl methyl sites for hydroxylation is 2. The van der Waals surface area contributed by atoms with E-state index in [1.165, 1.54) is 11.1 Å². The molecule has 0 spiro atoms. The molecule has 0 bridgehead atoms. The van der Waals surface area contributed by atoms with Crippen LogP contribution in [-0.4, -0.2) is 19.7 Å². The van der Waals surface area contributed by atoms with E-state index in [0.29, 0.717) is 17.8 Å². The third-order valence-corrected chi connectivity index (χ3v) is 4.47. The van der Waals surface area contributed by atoms with Crippen molar-refractivity contribution in [2.24, 2.45) is 0 Å². The summed E-state index contributed by atoms with van der Waals surface area (Å²) < 4.78 is 7.64. The van der Waals surface area contributed by atoms with Gasteiger partial charge in [-0.3, -0.25) is 0 Å². The van der Waals surface area contributed by atoms with Gasteiger partial charge in [-0.1, -0.05) is 28.9 Å². The van der Waals surface area contributed by atoms with Crippen molar-refractivity contribution in [3.05, 3.63) is 53.9 Å². The summed E-state index contributed by atoms with van der Waals surface area (Å²) in [6, 6.07) is 6.79. The molecule has 5 heteroatoms. The summed E-state index contributed by atoms with van der Waals surface area (Å²) in [7, 11) is 0. The Bertz CT molecular complexity index is 785. The van der Waals surface area contributed by atoms with Gasteiger partial charge in [-0.05, 0) is 32.3 Å². The maximum Gasteiger partial charge on any atom is 0.230 e. The zero-order valence-corrected chi connectivity index (χ0v) is 12.7. The van der Waals surface area contributed by atoms with Gasteiger partial charge in [0, 0.05) is 29.9 Å². The van der Waals surface area contributed by atoms with Gasteiger partial charge in [0.05, 0.1) is 6.33 Å². The molecule has 112 valence electrons. The molecule has 2 aromatic heterocycles. The Kier molecular flexibility index (Phi) is 3.06. The van der Waals surface area contributed by atoms with E-state index in [4.69, 9.17) is 4.52 Å². The number of benzene rings is 1. The van der Waals surface area contributed by atoms with Crippen LogP contribution in [-0.2, 0) is 0 Å². The molecule has 1 fully saturated rings. The number of hydrogen-bond acceptors (Lipinski definition) is 4. The SMILES string of the molecule is Cc1ccc(-c2noc(C3CC(n4ccnc4)C3)n2)c(C)c1. The van der Waals surface area contributed by atoms with Gasteiger partial charge in [0.15, 0.2) is 0 Å². The molecule has 1 saturated carbocycles. The highest BCUT2D eigenvalue weighted by molar-refractivity contribution is 5.60. The summed E-state index contributed by atoms with van der Waals surface area (Å²) in [5, 5.41) is 4.16. The fourth-order valence-corrected chi connectivity index (χ4v) is 3.09. The molecule has 0 atom stereocenters. The molecule has 1 aromatic carbocycles. The van der Waals surface area contributed by atoms with E-state index >= 15 is 0 Å². The van der Waals surface area contributed by atoms with Crippen LogP contribution in [0.1, 0.15) is 41.8 Å². The van der Waals surface area contributed by atoms with Crippen LogP contribution in [0, 0.1) is 13.8 Å². The van der Waals surface area contributed by atoms with E-state index in [1.807, 2.05) is 18.7 Å². The van der Waals surface area contributed by atoms with Crippen LogP contribution >= 0.6 is 0 Å². The first-order valence-corrected chi connectivity index (χ1v) is 7.59. The van der Waals surface area contributed by atoms with E-state index in [2.05, 4.69) is 51.7 Å². The molecule has 4 rings (SSSR count). The van der Waals surface area contributed by atoms with Crippen molar-refractivity contribution < 1.29 is 4.52 Å². The van der Waals surface area contributed by atoms with E-state index in [9.17, 15) is 0 Å². The van der Waals surface area contributed by atoms with Crippen molar-refractivity contribution in [1.82, 2.24) is 19.7 Å². The summed E-state index contributed by atoms with van der Waals surface area (Å²) in [5.41, 5.74) is 3.47. The molecular formula is C17H18N4O. The third-order valence-electron chi connectivity index (χ3n) is 4.47. The van der Waals surface area contributed by atoms with Crippen LogP contribution in [0.3, 0.4) is 0 Å². The standard InChI is InChI=1S/C17H18N4O/c1-11-3-4-15(12(2)7-11)16-19-17(22-20-16)13-8-14(9-13)21-6-5-18-10-21/h3-7,10,13-14H,8-9H2,1-2H3. The maximum atomic E-state index is 5.49. The van der Waals surface area contributed by atoms with Crippen LogP contribution in [0.4, 0.5) is 0 Å². The highest BCUT2D eigenvalue weighted by Crippen LogP contribution is 2.44. The molecule has 3 aromatic rings. The molecule has 5 nitrogen and oxygen atoms in total. The molecule has 0 saturated heterocycles. The van der Waals surface area contributed by atoms with Gasteiger partial charge in [-0.2, -0.15) is 4.98 Å². The van der Waals surface area contributed by atoms with Gasteiger partial charge in [0.25, 0.3) is 0 Å². The van der Waals surface area contributed by atoms with Crippen molar-refractivity contribution in [2.45, 2.75) is 38.6 Å². The first-order chi connectivity index (χ1) is 10.7. The summed E-state index contributed by atoms with van der Waals surface area (Å²) in [6.45, 7) is 4.17. The van der Waals surface area contributed by atoms with Crippen molar-refractivity contribution >= 4 is 0 Å². The van der Waals surface area contributed by atoms with E-state index < -0.39 is 0 Å². The largest absolute Gasteiger partial charge is 0.339 e. The van der Waals surface area contributed by atoms with E-state index in [-0.39, 0.29) is 0 Å². The Balaban J connectivity index is 1.51. The van der Waals surface area contributed by atoms with Gasteiger partial charge in [0.2, 0.25) is 11.7 Å². The molecule has 0 N–H and O–H groups in total. The van der Waals surface area contributed by atoms with Crippen LogP contribution in [0.2, 0.25) is 0 Å². The second-order valence-corrected chi connectivity index (χ2v) is 6.11. The van der Waals surface area contributed by atoms with Gasteiger partial charge < -0.3 is 9.09 Å². The lowest BCUT2D eigenvalue weighted by atomic mass is 9.80. The van der Waals surface area contributed by atoms with Crippen molar-refractivity contribution in [1.29, 1.82) is 0 Å². The lowest BCUT2D eigenvalue weighted by Gasteiger charge is -2.33. The van der Waals surface area contributed by atoms with Gasteiger partial charge in [-0.15, -0.1) is 0 Å². The fourth-order valence-electron chi connectivity index (χ4n) is 3.09. The van der Waals surface area contributed by atoms with Crippen LogP contribution < -0.4 is 0 Å². The number of aromatic nitrogens is 4. The van der Waals surface area contributed by atoms with Crippen LogP contribution in [0.25, 0.3) is 11.4 Å². The Morgan fingerprint density at radius 1 is 1.23 bits per heavy atom. The molecule has 22 heavy (non-hydrogen) atoms. The molecule has 0 aliphatic heterocycles. The minimum Gasteiger partial charge on any atom is -0.339 e. The normalized spacial score (nSPS) is 20.8. The topological polar surface area (TPSA) is 56.7 Å². The minimum atomic E-state index is 0.361. The zero-order chi connectivity index (χ0) is 15.1. The Labute approximate surface area is 129 Å². The second-order valence-electron chi connectivity index (χ2n) is 6.11. The second kappa shape index (κ2) is 5.09. The van der Waals surface area contributed by atoms with E-state index in [0.717, 1.165) is 24.3 Å². The summed E-state index contributed by atoms with van der Waals surface area (Å²) in [4.78, 5) is 8.70. The Hall–Kier alpha value is -2.43. The van der Waals surface area contributed by atoms with Gasteiger partial charge >= 0.3 is 0 Å². The maximum absolute atomic E-state index is 5.49. The lowest BCUT2D eigenvalue weighted by Crippen LogP contribution is -2.24. The first-order valence-electron chi connectivity index (χ1n) is 7.59. The molecule has 2 heterocycles. The van der Waals surface area contributed by atoms with Gasteiger partial charge in [0.1, 0.15) is 0 Å². The Morgan fingerprint density at radius 2 is 2.09 bits per heavy atom. The van der Waals surface area contributed by atoms with E-state index in [1.54, 1.807) is 0 Å². The number of hydrogen-bond donors (Lipinski definition) is 0. The number of nitrogens with zero attached hydrogens (tertiary/aromatic N) is 4. The molecule has 1 aliphatic rings. The average molecular weight is 294 g/mol. The summed E-state index contributed by atoms with van der Waals surface area (Å²) in [5.74, 6) is 1.81. The summed E-state index contributed by atoms with van der Waals surface area (Å²) >= 11 is 0. The van der Waals surface area contributed by atoms with Crippen LogP contribution in [0.15, 0.2) is 41.4 Å². The average Bonchev–Trinajstić information content (AvgIpc) is 3.09. The fraction of sp³-hybridized carbons (Fsp3) is 0.353. The predicted octanol–water partition coefficient (Wildman–Crippen LogP) is 3.67. The molecular weight excluding hydrogens is 276 g/mol. The minimum absolute atomic E-state index is 0.361. The third kappa shape index (κ3) is 2.22. The highest BCUT2D eigenvalue weighted by Gasteiger charge is 2.35. The number of imidazole rings is 1. The smallest absolute Gasteiger partial charge is 0.230 e. The molecule has 1 aliphatic carbocycles. The zero-order valence-electron chi connectivity index (χ0n) is 12.7. The molecule has 0 radical (unpaired) electrons. The highest BCUT2D eigenvalue weighted by atomic mass is 16.5. The number of rotatable bonds is 3. The van der Waals surface area contributed by atoms with Gasteiger partial charge in [-0.25, -0.2) is 4.98 Å². The van der Waals surface area contributed by atoms with Crippen molar-refractivity contribution in [2.75, 3.05) is 0 Å². The molecule has 0 unspecified atom stereocenters. The summed E-state index contributed by atoms with van der Waals surface area (Å²) in [6.07, 6.45) is 7.76. The van der Waals surface area contributed by atoms with Crippen LogP contribution in [0.5, 0.6) is 0 Å². The quantitative estimate of drug-likeness (QED) is 0.739. The first kappa shape index (κ1) is 13.2. The van der Waals surface area contributed by atoms with Crippen molar-refractivity contribution in [3.8, 4) is 11.4 Å².